The third-order valence-corrected chi connectivity index (χ3v) is 2.68. The van der Waals surface area contributed by atoms with Crippen LogP contribution in [0.15, 0.2) is 22.9 Å². The molecule has 0 radical (unpaired) electrons. The number of nitrogens with zero attached hydrogens (tertiary/aromatic N) is 1. The minimum Gasteiger partial charge on any atom is -0.368 e. The Hall–Kier alpha value is -1.43. The van der Waals surface area contributed by atoms with Crippen molar-refractivity contribution in [3.8, 4) is 0 Å². The second kappa shape index (κ2) is 5.77. The third-order valence-electron chi connectivity index (χ3n) is 2.25. The molecule has 92 valence electrons. The summed E-state index contributed by atoms with van der Waals surface area (Å²) >= 11 is 3.17. The van der Waals surface area contributed by atoms with E-state index in [4.69, 9.17) is 5.73 Å². The molecule has 0 aliphatic heterocycles. The van der Waals surface area contributed by atoms with Crippen LogP contribution in [0, 0.1) is 5.92 Å². The number of nitrogens with two attached hydrogens (primary N) is 1. The number of halogens is 1. The summed E-state index contributed by atoms with van der Waals surface area (Å²) in [5.74, 6) is -0.936. The Bertz CT molecular complexity index is 434. The number of nitrogens with one attached hydrogen (secondary N) is 1. The number of carbonyl (C=O) groups is 2. The molecule has 0 fully saturated rings. The number of hydrogen-bond donors (Lipinski definition) is 2. The van der Waals surface area contributed by atoms with Crippen LogP contribution in [0.5, 0.6) is 0 Å². The Morgan fingerprint density at radius 3 is 2.59 bits per heavy atom. The Kier molecular flexibility index (Phi) is 4.62. The Morgan fingerprint density at radius 2 is 2.12 bits per heavy atom. The topological polar surface area (TPSA) is 85.1 Å². The lowest BCUT2D eigenvalue weighted by Crippen LogP contribution is -2.47. The minimum absolute atomic E-state index is 0.0540. The average molecular weight is 300 g/mol. The summed E-state index contributed by atoms with van der Waals surface area (Å²) in [6.07, 6.45) is 1.51. The molecule has 0 aliphatic carbocycles. The molecule has 1 rings (SSSR count). The molecule has 0 saturated heterocycles. The quantitative estimate of drug-likeness (QED) is 0.816. The fourth-order valence-electron chi connectivity index (χ4n) is 1.33. The first kappa shape index (κ1) is 13.6. The molecule has 0 bridgehead atoms. The van der Waals surface area contributed by atoms with Crippen LogP contribution < -0.4 is 11.1 Å². The van der Waals surface area contributed by atoms with Gasteiger partial charge in [-0.05, 0) is 34.0 Å². The minimum atomic E-state index is -0.672. The zero-order valence-corrected chi connectivity index (χ0v) is 11.2. The maximum Gasteiger partial charge on any atom is 0.252 e. The van der Waals surface area contributed by atoms with E-state index in [1.54, 1.807) is 12.1 Å². The van der Waals surface area contributed by atoms with Gasteiger partial charge in [0.2, 0.25) is 5.91 Å². The van der Waals surface area contributed by atoms with Crippen LogP contribution in [-0.2, 0) is 4.79 Å². The fraction of sp³-hybridized carbons (Fsp3) is 0.364. The molecule has 0 aromatic carbocycles. The highest BCUT2D eigenvalue weighted by atomic mass is 79.9. The molecule has 1 aromatic rings. The van der Waals surface area contributed by atoms with Gasteiger partial charge in [0.05, 0.1) is 0 Å². The summed E-state index contributed by atoms with van der Waals surface area (Å²) in [5.41, 5.74) is 5.65. The molecule has 0 saturated carbocycles. The van der Waals surface area contributed by atoms with Crippen LogP contribution in [0.25, 0.3) is 0 Å². The normalized spacial score (nSPS) is 12.2. The van der Waals surface area contributed by atoms with Gasteiger partial charge in [-0.3, -0.25) is 9.59 Å². The first-order chi connectivity index (χ1) is 7.91. The van der Waals surface area contributed by atoms with Gasteiger partial charge >= 0.3 is 0 Å². The first-order valence-electron chi connectivity index (χ1n) is 5.13. The van der Waals surface area contributed by atoms with Gasteiger partial charge in [-0.25, -0.2) is 4.98 Å². The monoisotopic (exact) mass is 299 g/mol. The molecule has 1 heterocycles. The lowest BCUT2D eigenvalue weighted by atomic mass is 10.0. The number of aromatic nitrogens is 1. The van der Waals surface area contributed by atoms with E-state index in [9.17, 15) is 9.59 Å². The Balaban J connectivity index is 2.81. The SMILES string of the molecule is CC(C)C(NC(=O)c1ccnc(Br)c1)C(N)=O. The largest absolute Gasteiger partial charge is 0.368 e. The van der Waals surface area contributed by atoms with E-state index < -0.39 is 11.9 Å². The highest BCUT2D eigenvalue weighted by Gasteiger charge is 2.22. The predicted octanol–water partition coefficient (Wildman–Crippen LogP) is 1.08. The maximum absolute atomic E-state index is 11.8. The van der Waals surface area contributed by atoms with Gasteiger partial charge in [0.25, 0.3) is 5.91 Å². The standard InChI is InChI=1S/C11H14BrN3O2/c1-6(2)9(10(13)16)15-11(17)7-3-4-14-8(12)5-7/h3-6,9H,1-2H3,(H2,13,16)(H,15,17). The van der Waals surface area contributed by atoms with Crippen molar-refractivity contribution in [2.45, 2.75) is 19.9 Å². The van der Waals surface area contributed by atoms with Gasteiger partial charge in [0, 0.05) is 11.8 Å². The highest BCUT2D eigenvalue weighted by Crippen LogP contribution is 2.09. The summed E-state index contributed by atoms with van der Waals surface area (Å²) in [5, 5.41) is 2.60. The van der Waals surface area contributed by atoms with E-state index in [1.165, 1.54) is 6.20 Å². The molecule has 6 heteroatoms. The van der Waals surface area contributed by atoms with Crippen molar-refractivity contribution in [2.24, 2.45) is 11.7 Å². The molecular weight excluding hydrogens is 286 g/mol. The van der Waals surface area contributed by atoms with E-state index in [0.29, 0.717) is 10.2 Å². The zero-order chi connectivity index (χ0) is 13.0. The summed E-state index contributed by atoms with van der Waals surface area (Å²) < 4.78 is 0.560. The molecule has 1 aromatic heterocycles. The molecule has 0 aliphatic rings. The van der Waals surface area contributed by atoms with Crippen molar-refractivity contribution in [1.82, 2.24) is 10.3 Å². The number of hydrogen-bond acceptors (Lipinski definition) is 3. The van der Waals surface area contributed by atoms with E-state index in [1.807, 2.05) is 13.8 Å². The summed E-state index contributed by atoms with van der Waals surface area (Å²) in [7, 11) is 0. The van der Waals surface area contributed by atoms with E-state index >= 15 is 0 Å². The van der Waals surface area contributed by atoms with E-state index in [2.05, 4.69) is 26.2 Å². The van der Waals surface area contributed by atoms with Crippen molar-refractivity contribution < 1.29 is 9.59 Å². The van der Waals surface area contributed by atoms with E-state index in [-0.39, 0.29) is 11.8 Å². The van der Waals surface area contributed by atoms with Gasteiger partial charge < -0.3 is 11.1 Å². The first-order valence-corrected chi connectivity index (χ1v) is 5.93. The molecule has 5 nitrogen and oxygen atoms in total. The van der Waals surface area contributed by atoms with Crippen molar-refractivity contribution in [1.29, 1.82) is 0 Å². The van der Waals surface area contributed by atoms with Gasteiger partial charge in [-0.1, -0.05) is 13.8 Å². The summed E-state index contributed by atoms with van der Waals surface area (Å²) in [6.45, 7) is 3.64. The third kappa shape index (κ3) is 3.81. The lowest BCUT2D eigenvalue weighted by Gasteiger charge is -2.18. The molecule has 0 spiro atoms. The van der Waals surface area contributed by atoms with Crippen LogP contribution in [0.3, 0.4) is 0 Å². The summed E-state index contributed by atoms with van der Waals surface area (Å²) in [4.78, 5) is 26.9. The number of primary amides is 1. The zero-order valence-electron chi connectivity index (χ0n) is 9.61. The molecule has 1 atom stereocenters. The van der Waals surface area contributed by atoms with Gasteiger partial charge in [-0.15, -0.1) is 0 Å². The molecule has 1 unspecified atom stereocenters. The maximum atomic E-state index is 11.8. The number of carbonyl (C=O) groups excluding carboxylic acids is 2. The smallest absolute Gasteiger partial charge is 0.252 e. The second-order valence-electron chi connectivity index (χ2n) is 3.96. The predicted molar refractivity (Wildman–Crippen MR) is 67.2 cm³/mol. The van der Waals surface area contributed by atoms with Crippen molar-refractivity contribution in [3.05, 3.63) is 28.5 Å². The molecule has 17 heavy (non-hydrogen) atoms. The van der Waals surface area contributed by atoms with Crippen molar-refractivity contribution >= 4 is 27.7 Å². The molecule has 2 amide bonds. The van der Waals surface area contributed by atoms with Crippen molar-refractivity contribution in [2.75, 3.05) is 0 Å². The van der Waals surface area contributed by atoms with Crippen LogP contribution in [0.4, 0.5) is 0 Å². The Morgan fingerprint density at radius 1 is 1.47 bits per heavy atom. The number of pyridine rings is 1. The number of rotatable bonds is 4. The van der Waals surface area contributed by atoms with Crippen LogP contribution in [0.1, 0.15) is 24.2 Å². The number of amides is 2. The fourth-order valence-corrected chi connectivity index (χ4v) is 1.70. The van der Waals surface area contributed by atoms with Gasteiger partial charge in [0.15, 0.2) is 0 Å². The lowest BCUT2D eigenvalue weighted by molar-refractivity contribution is -0.120. The van der Waals surface area contributed by atoms with Crippen LogP contribution in [-0.4, -0.2) is 22.8 Å². The second-order valence-corrected chi connectivity index (χ2v) is 4.78. The highest BCUT2D eigenvalue weighted by molar-refractivity contribution is 9.10. The van der Waals surface area contributed by atoms with Gasteiger partial charge in [0.1, 0.15) is 10.6 Å². The van der Waals surface area contributed by atoms with E-state index in [0.717, 1.165) is 0 Å². The average Bonchev–Trinajstić information content (AvgIpc) is 2.24. The van der Waals surface area contributed by atoms with Crippen LogP contribution >= 0.6 is 15.9 Å². The van der Waals surface area contributed by atoms with Crippen molar-refractivity contribution in [3.63, 3.8) is 0 Å². The Labute approximate surface area is 108 Å². The molecule has 3 N–H and O–H groups in total. The summed E-state index contributed by atoms with van der Waals surface area (Å²) in [6, 6.07) is 2.47. The van der Waals surface area contributed by atoms with Gasteiger partial charge in [-0.2, -0.15) is 0 Å². The molecular formula is C11H14BrN3O2. The van der Waals surface area contributed by atoms with Crippen LogP contribution in [0.2, 0.25) is 0 Å².